The minimum atomic E-state index is 0.818. The zero-order valence-corrected chi connectivity index (χ0v) is 6.61. The number of nitrogens with zero attached hydrogens (tertiary/aromatic N) is 1. The van der Waals surface area contributed by atoms with Crippen LogP contribution < -0.4 is 0 Å². The van der Waals surface area contributed by atoms with Crippen LogP contribution in [-0.2, 0) is 0 Å². The van der Waals surface area contributed by atoms with E-state index in [1.54, 1.807) is 0 Å². The van der Waals surface area contributed by atoms with Crippen molar-refractivity contribution in [1.82, 2.24) is 0 Å². The molecule has 0 amide bonds. The van der Waals surface area contributed by atoms with Crippen LogP contribution in [0.1, 0.15) is 12.8 Å². The van der Waals surface area contributed by atoms with Crippen LogP contribution in [0.25, 0.3) is 0 Å². The van der Waals surface area contributed by atoms with Crippen molar-refractivity contribution in [1.29, 1.82) is 0 Å². The normalized spacial score (nSPS) is 51.6. The van der Waals surface area contributed by atoms with E-state index in [0.29, 0.717) is 0 Å². The lowest BCUT2D eigenvalue weighted by Gasteiger charge is -2.40. The molecule has 1 fully saturated rings. The zero-order valence-electron chi connectivity index (χ0n) is 6.61. The summed E-state index contributed by atoms with van der Waals surface area (Å²) < 4.78 is 0. The molecule has 58 valence electrons. The second-order valence-corrected chi connectivity index (χ2v) is 4.05. The van der Waals surface area contributed by atoms with Crippen molar-refractivity contribution >= 4 is 6.21 Å². The summed E-state index contributed by atoms with van der Waals surface area (Å²) in [7, 11) is 0. The molecule has 1 saturated carbocycles. The number of aliphatic imine (C=N–C) groups is 1. The second-order valence-electron chi connectivity index (χ2n) is 4.05. The largest absolute Gasteiger partial charge is 0.297 e. The summed E-state index contributed by atoms with van der Waals surface area (Å²) in [5.41, 5.74) is 0. The van der Waals surface area contributed by atoms with Gasteiger partial charge in [0, 0.05) is 18.7 Å². The van der Waals surface area contributed by atoms with Crippen molar-refractivity contribution in [3.8, 4) is 0 Å². The Morgan fingerprint density at radius 3 is 2.64 bits per heavy atom. The molecular weight excluding hydrogens is 134 g/mol. The predicted molar refractivity (Wildman–Crippen MR) is 45.7 cm³/mol. The summed E-state index contributed by atoms with van der Waals surface area (Å²) in [5, 5.41) is 0. The Morgan fingerprint density at radius 1 is 1.09 bits per heavy atom. The number of allylic oxidation sites excluding steroid dienone is 2. The lowest BCUT2D eigenvalue weighted by atomic mass is 9.64. The van der Waals surface area contributed by atoms with Gasteiger partial charge in [0.2, 0.25) is 0 Å². The van der Waals surface area contributed by atoms with Crippen molar-refractivity contribution in [2.75, 3.05) is 6.54 Å². The summed E-state index contributed by atoms with van der Waals surface area (Å²) in [6.07, 6.45) is 9.90. The summed E-state index contributed by atoms with van der Waals surface area (Å²) in [4.78, 5) is 4.40. The number of rotatable bonds is 0. The molecule has 0 N–H and O–H groups in total. The molecule has 1 aliphatic heterocycles. The van der Waals surface area contributed by atoms with Gasteiger partial charge in [0.15, 0.2) is 0 Å². The molecule has 0 unspecified atom stereocenters. The van der Waals surface area contributed by atoms with Crippen LogP contribution in [-0.4, -0.2) is 12.8 Å². The maximum absolute atomic E-state index is 4.40. The van der Waals surface area contributed by atoms with E-state index in [9.17, 15) is 0 Å². The van der Waals surface area contributed by atoms with E-state index in [2.05, 4.69) is 23.4 Å². The van der Waals surface area contributed by atoms with Crippen molar-refractivity contribution < 1.29 is 0 Å². The van der Waals surface area contributed by atoms with Gasteiger partial charge in [-0.1, -0.05) is 12.2 Å². The van der Waals surface area contributed by atoms with E-state index in [0.717, 1.165) is 30.2 Å². The summed E-state index contributed by atoms with van der Waals surface area (Å²) >= 11 is 0. The fourth-order valence-corrected chi connectivity index (χ4v) is 2.93. The van der Waals surface area contributed by atoms with Gasteiger partial charge in [-0.3, -0.25) is 4.99 Å². The van der Waals surface area contributed by atoms with E-state index in [1.165, 1.54) is 12.8 Å². The third-order valence-corrected chi connectivity index (χ3v) is 3.57. The van der Waals surface area contributed by atoms with Crippen molar-refractivity contribution in [2.45, 2.75) is 12.8 Å². The minimum Gasteiger partial charge on any atom is -0.297 e. The van der Waals surface area contributed by atoms with Crippen molar-refractivity contribution in [3.05, 3.63) is 12.2 Å². The first-order valence-electron chi connectivity index (χ1n) is 4.63. The van der Waals surface area contributed by atoms with Gasteiger partial charge < -0.3 is 0 Å². The SMILES string of the molecule is C1=C[C@H]2CC[C@@H]1[C@H]1CN=C[C@H]12. The number of fused-ring (bicyclic) bond motifs is 1. The third kappa shape index (κ3) is 0.688. The molecule has 11 heavy (non-hydrogen) atoms. The molecule has 1 heteroatoms. The Labute approximate surface area is 67.2 Å². The highest BCUT2D eigenvalue weighted by atomic mass is 14.8. The molecule has 0 aromatic carbocycles. The Balaban J connectivity index is 2.01. The molecule has 0 radical (unpaired) electrons. The van der Waals surface area contributed by atoms with Gasteiger partial charge in [-0.2, -0.15) is 0 Å². The van der Waals surface area contributed by atoms with Crippen LogP contribution in [0.5, 0.6) is 0 Å². The first-order chi connectivity index (χ1) is 5.45. The second kappa shape index (κ2) is 1.96. The van der Waals surface area contributed by atoms with E-state index < -0.39 is 0 Å². The first kappa shape index (κ1) is 5.99. The van der Waals surface area contributed by atoms with E-state index in [-0.39, 0.29) is 0 Å². The van der Waals surface area contributed by atoms with Crippen LogP contribution >= 0.6 is 0 Å². The van der Waals surface area contributed by atoms with Crippen molar-refractivity contribution in [2.24, 2.45) is 28.7 Å². The number of hydrogen-bond acceptors (Lipinski definition) is 1. The Kier molecular flexibility index (Phi) is 1.07. The summed E-state index contributed by atoms with van der Waals surface area (Å²) in [6.45, 7) is 1.11. The van der Waals surface area contributed by atoms with E-state index >= 15 is 0 Å². The molecular formula is C10H13N. The molecule has 1 heterocycles. The smallest absolute Gasteiger partial charge is 0.0425 e. The minimum absolute atomic E-state index is 0.818. The maximum Gasteiger partial charge on any atom is 0.0425 e. The molecule has 0 aromatic rings. The average Bonchev–Trinajstić information content (AvgIpc) is 2.55. The third-order valence-electron chi connectivity index (χ3n) is 3.57. The summed E-state index contributed by atoms with van der Waals surface area (Å²) in [5.74, 6) is 3.42. The van der Waals surface area contributed by atoms with Gasteiger partial charge in [-0.05, 0) is 30.6 Å². The highest BCUT2D eigenvalue weighted by Crippen LogP contribution is 2.45. The Bertz CT molecular complexity index is 229. The molecule has 4 atom stereocenters. The Morgan fingerprint density at radius 2 is 1.91 bits per heavy atom. The van der Waals surface area contributed by atoms with E-state index in [4.69, 9.17) is 0 Å². The fraction of sp³-hybridized carbons (Fsp3) is 0.700. The van der Waals surface area contributed by atoms with Crippen LogP contribution in [0.2, 0.25) is 0 Å². The van der Waals surface area contributed by atoms with Crippen LogP contribution in [0.4, 0.5) is 0 Å². The average molecular weight is 147 g/mol. The standard InChI is InChI=1S/C10H13N/c1-2-8-4-3-7(1)9-5-11-6-10(8)9/h1-2,5,7-10H,3-4,6H2/t7-,8+,9-,10+/m0/s1. The predicted octanol–water partition coefficient (Wildman–Crippen LogP) is 1.90. The molecule has 2 bridgehead atoms. The summed E-state index contributed by atoms with van der Waals surface area (Å²) in [6, 6.07) is 0. The number of hydrogen-bond donors (Lipinski definition) is 0. The van der Waals surface area contributed by atoms with Crippen LogP contribution in [0.3, 0.4) is 0 Å². The topological polar surface area (TPSA) is 12.4 Å². The quantitative estimate of drug-likeness (QED) is 0.464. The van der Waals surface area contributed by atoms with Gasteiger partial charge >= 0.3 is 0 Å². The monoisotopic (exact) mass is 147 g/mol. The van der Waals surface area contributed by atoms with Gasteiger partial charge in [-0.15, -0.1) is 0 Å². The molecule has 0 spiro atoms. The van der Waals surface area contributed by atoms with Crippen LogP contribution in [0, 0.1) is 23.7 Å². The van der Waals surface area contributed by atoms with Crippen molar-refractivity contribution in [3.63, 3.8) is 0 Å². The highest BCUT2D eigenvalue weighted by molar-refractivity contribution is 5.65. The highest BCUT2D eigenvalue weighted by Gasteiger charge is 2.41. The van der Waals surface area contributed by atoms with Gasteiger partial charge in [-0.25, -0.2) is 0 Å². The first-order valence-corrected chi connectivity index (χ1v) is 4.63. The van der Waals surface area contributed by atoms with Gasteiger partial charge in [0.05, 0.1) is 0 Å². The van der Waals surface area contributed by atoms with Crippen LogP contribution in [0.15, 0.2) is 17.1 Å². The Hall–Kier alpha value is -0.590. The zero-order chi connectivity index (χ0) is 7.26. The maximum atomic E-state index is 4.40. The lowest BCUT2D eigenvalue weighted by molar-refractivity contribution is 0.195. The molecule has 3 aliphatic carbocycles. The van der Waals surface area contributed by atoms with Gasteiger partial charge in [0.1, 0.15) is 0 Å². The van der Waals surface area contributed by atoms with E-state index in [1.807, 2.05) is 0 Å². The van der Waals surface area contributed by atoms with Gasteiger partial charge in [0.25, 0.3) is 0 Å². The molecule has 4 aliphatic rings. The molecule has 0 saturated heterocycles. The molecule has 0 aromatic heterocycles. The fourth-order valence-electron chi connectivity index (χ4n) is 2.93. The molecule has 1 nitrogen and oxygen atoms in total. The lowest BCUT2D eigenvalue weighted by Crippen LogP contribution is -2.36. The molecule has 4 rings (SSSR count).